The Kier molecular flexibility index (Phi) is 7.74. The summed E-state index contributed by atoms with van der Waals surface area (Å²) in [5.74, 6) is 0.725. The molecule has 0 aliphatic rings. The van der Waals surface area contributed by atoms with Gasteiger partial charge in [-0.15, -0.1) is 0 Å². The largest absolute Gasteiger partial charge is 0.341 e. The van der Waals surface area contributed by atoms with E-state index in [2.05, 4.69) is 48.6 Å². The first kappa shape index (κ1) is 15.2. The quantitative estimate of drug-likeness (QED) is 0.585. The molecule has 104 valence electrons. The lowest BCUT2D eigenvalue weighted by atomic mass is 10.0. The van der Waals surface area contributed by atoms with E-state index in [9.17, 15) is 0 Å². The highest BCUT2D eigenvalue weighted by Crippen LogP contribution is 2.12. The van der Waals surface area contributed by atoms with Crippen LogP contribution in [0.5, 0.6) is 0 Å². The van der Waals surface area contributed by atoms with Crippen molar-refractivity contribution in [1.29, 1.82) is 0 Å². The van der Waals surface area contributed by atoms with Crippen LogP contribution in [0.4, 0.5) is 0 Å². The highest BCUT2D eigenvalue weighted by atomic mass is 16.5. The molecular formula is C15H29N2O+. The third-order valence-electron chi connectivity index (χ3n) is 3.37. The van der Waals surface area contributed by atoms with E-state index in [1.807, 2.05) is 0 Å². The third-order valence-corrected chi connectivity index (χ3v) is 3.37. The maximum absolute atomic E-state index is 5.81. The summed E-state index contributed by atoms with van der Waals surface area (Å²) in [6.45, 7) is 9.36. The fourth-order valence-corrected chi connectivity index (χ4v) is 2.13. The van der Waals surface area contributed by atoms with Crippen molar-refractivity contribution in [2.75, 3.05) is 6.61 Å². The fourth-order valence-electron chi connectivity index (χ4n) is 2.13. The molecule has 0 aliphatic carbocycles. The molecule has 0 amide bonds. The molecule has 3 nitrogen and oxygen atoms in total. The molecule has 0 bridgehead atoms. The molecule has 1 heterocycles. The third kappa shape index (κ3) is 5.67. The van der Waals surface area contributed by atoms with Crippen LogP contribution in [0.1, 0.15) is 52.9 Å². The Bertz CT molecular complexity index is 309. The molecule has 0 unspecified atom stereocenters. The Labute approximate surface area is 112 Å². The molecule has 0 aliphatic heterocycles. The number of aromatic nitrogens is 2. The molecule has 0 fully saturated rings. The van der Waals surface area contributed by atoms with Crippen molar-refractivity contribution in [2.45, 2.75) is 66.2 Å². The monoisotopic (exact) mass is 253 g/mol. The Morgan fingerprint density at radius 3 is 2.72 bits per heavy atom. The minimum Gasteiger partial charge on any atom is -0.341 e. The number of ether oxygens (including phenoxy) is 1. The van der Waals surface area contributed by atoms with E-state index in [1.165, 1.54) is 32.1 Å². The predicted molar refractivity (Wildman–Crippen MR) is 74.2 cm³/mol. The molecule has 1 aromatic heterocycles. The molecule has 0 saturated heterocycles. The van der Waals surface area contributed by atoms with Gasteiger partial charge in [-0.2, -0.15) is 0 Å². The van der Waals surface area contributed by atoms with Crippen molar-refractivity contribution in [3.63, 3.8) is 0 Å². The molecule has 1 aromatic rings. The van der Waals surface area contributed by atoms with Crippen molar-refractivity contribution >= 4 is 0 Å². The van der Waals surface area contributed by atoms with Gasteiger partial charge in [-0.25, -0.2) is 9.13 Å². The molecule has 1 rings (SSSR count). The second-order valence-electron chi connectivity index (χ2n) is 5.08. The minimum absolute atomic E-state index is 0.680. The predicted octanol–water partition coefficient (Wildman–Crippen LogP) is 3.38. The van der Waals surface area contributed by atoms with Gasteiger partial charge >= 0.3 is 0 Å². The summed E-state index contributed by atoms with van der Waals surface area (Å²) in [7, 11) is 0. The molecule has 0 saturated carbocycles. The van der Waals surface area contributed by atoms with E-state index in [4.69, 9.17) is 4.74 Å². The van der Waals surface area contributed by atoms with Gasteiger partial charge in [0.05, 0.1) is 13.2 Å². The van der Waals surface area contributed by atoms with Crippen LogP contribution < -0.4 is 4.57 Å². The van der Waals surface area contributed by atoms with Crippen LogP contribution in [0.15, 0.2) is 18.7 Å². The summed E-state index contributed by atoms with van der Waals surface area (Å²) in [5, 5.41) is 0. The van der Waals surface area contributed by atoms with Crippen LogP contribution in [0.2, 0.25) is 0 Å². The molecule has 0 N–H and O–H groups in total. The lowest BCUT2D eigenvalue weighted by Crippen LogP contribution is -2.33. The SMILES string of the molecule is CCCC[C@@H](CC)COC[n+]1ccn(CCC)c1. The number of hydrogen-bond donors (Lipinski definition) is 0. The van der Waals surface area contributed by atoms with Gasteiger partial charge in [0.2, 0.25) is 6.33 Å². The van der Waals surface area contributed by atoms with Crippen LogP contribution in [0, 0.1) is 5.92 Å². The molecule has 0 aromatic carbocycles. The standard InChI is InChI=1S/C15H29N2O/c1-4-7-8-15(6-3)12-18-14-17-11-10-16(13-17)9-5-2/h10-11,13,15H,4-9,12,14H2,1-3H3/q+1/t15-/m1/s1. The fraction of sp³-hybridized carbons (Fsp3) is 0.800. The summed E-state index contributed by atoms with van der Waals surface area (Å²) in [6, 6.07) is 0. The van der Waals surface area contributed by atoms with Gasteiger partial charge < -0.3 is 4.74 Å². The summed E-state index contributed by atoms with van der Waals surface area (Å²) < 4.78 is 10.1. The zero-order chi connectivity index (χ0) is 13.2. The van der Waals surface area contributed by atoms with Crippen LogP contribution in [0.25, 0.3) is 0 Å². The average molecular weight is 253 g/mol. The van der Waals surface area contributed by atoms with E-state index in [1.54, 1.807) is 0 Å². The van der Waals surface area contributed by atoms with E-state index in [0.29, 0.717) is 6.73 Å². The second kappa shape index (κ2) is 9.15. The van der Waals surface area contributed by atoms with Gasteiger partial charge in [-0.1, -0.05) is 40.0 Å². The van der Waals surface area contributed by atoms with Gasteiger partial charge in [0.1, 0.15) is 12.4 Å². The Morgan fingerprint density at radius 2 is 2.06 bits per heavy atom. The van der Waals surface area contributed by atoms with Gasteiger partial charge in [0, 0.05) is 0 Å². The summed E-state index contributed by atoms with van der Waals surface area (Å²) in [6.07, 6.45) is 12.6. The number of hydrogen-bond acceptors (Lipinski definition) is 1. The zero-order valence-electron chi connectivity index (χ0n) is 12.3. The van der Waals surface area contributed by atoms with Gasteiger partial charge in [-0.05, 0) is 18.8 Å². The van der Waals surface area contributed by atoms with E-state index in [0.717, 1.165) is 19.1 Å². The highest BCUT2D eigenvalue weighted by molar-refractivity contribution is 4.65. The highest BCUT2D eigenvalue weighted by Gasteiger charge is 2.07. The smallest absolute Gasteiger partial charge is 0.245 e. The Balaban J connectivity index is 2.22. The summed E-state index contributed by atoms with van der Waals surface area (Å²) in [4.78, 5) is 0. The van der Waals surface area contributed by atoms with Crippen molar-refractivity contribution in [1.82, 2.24) is 4.57 Å². The minimum atomic E-state index is 0.680. The van der Waals surface area contributed by atoms with Crippen molar-refractivity contribution < 1.29 is 9.30 Å². The van der Waals surface area contributed by atoms with Gasteiger partial charge in [0.25, 0.3) is 0 Å². The van der Waals surface area contributed by atoms with E-state index in [-0.39, 0.29) is 0 Å². The van der Waals surface area contributed by atoms with Crippen LogP contribution in [-0.2, 0) is 18.0 Å². The molecule has 0 spiro atoms. The molecule has 3 heteroatoms. The van der Waals surface area contributed by atoms with Crippen LogP contribution in [0.3, 0.4) is 0 Å². The first-order chi connectivity index (χ1) is 8.80. The number of nitrogens with zero attached hydrogens (tertiary/aromatic N) is 2. The molecule has 0 radical (unpaired) electrons. The lowest BCUT2D eigenvalue weighted by molar-refractivity contribution is -0.732. The summed E-state index contributed by atoms with van der Waals surface area (Å²) >= 11 is 0. The van der Waals surface area contributed by atoms with E-state index >= 15 is 0 Å². The average Bonchev–Trinajstić information content (AvgIpc) is 2.82. The topological polar surface area (TPSA) is 18.0 Å². The maximum atomic E-state index is 5.81. The Hall–Kier alpha value is -0.830. The first-order valence-corrected chi connectivity index (χ1v) is 7.42. The number of aryl methyl sites for hydroxylation is 1. The summed E-state index contributed by atoms with van der Waals surface area (Å²) in [5.41, 5.74) is 0. The van der Waals surface area contributed by atoms with Crippen LogP contribution >= 0.6 is 0 Å². The maximum Gasteiger partial charge on any atom is 0.245 e. The van der Waals surface area contributed by atoms with Gasteiger partial charge in [-0.3, -0.25) is 0 Å². The zero-order valence-corrected chi connectivity index (χ0v) is 12.3. The Morgan fingerprint density at radius 1 is 1.22 bits per heavy atom. The molecule has 18 heavy (non-hydrogen) atoms. The van der Waals surface area contributed by atoms with Crippen molar-refractivity contribution in [2.24, 2.45) is 5.92 Å². The number of unbranched alkanes of at least 4 members (excludes halogenated alkanes) is 1. The lowest BCUT2D eigenvalue weighted by Gasteiger charge is -2.13. The van der Waals surface area contributed by atoms with Gasteiger partial charge in [0.15, 0.2) is 6.73 Å². The van der Waals surface area contributed by atoms with Crippen molar-refractivity contribution in [3.8, 4) is 0 Å². The first-order valence-electron chi connectivity index (χ1n) is 7.42. The van der Waals surface area contributed by atoms with E-state index < -0.39 is 0 Å². The molecule has 1 atom stereocenters. The molecular weight excluding hydrogens is 224 g/mol. The second-order valence-corrected chi connectivity index (χ2v) is 5.08. The number of imidazole rings is 1. The normalized spacial score (nSPS) is 12.8. The van der Waals surface area contributed by atoms with Crippen molar-refractivity contribution in [3.05, 3.63) is 18.7 Å². The number of rotatable bonds is 10. The van der Waals surface area contributed by atoms with Crippen LogP contribution in [-0.4, -0.2) is 11.2 Å².